The number of benzene rings is 1. The van der Waals surface area contributed by atoms with Crippen molar-refractivity contribution in [3.8, 4) is 0 Å². The van der Waals surface area contributed by atoms with Gasteiger partial charge in [-0.15, -0.1) is 0 Å². The van der Waals surface area contributed by atoms with Gasteiger partial charge in [-0.05, 0) is 17.5 Å². The van der Waals surface area contributed by atoms with E-state index in [1.807, 2.05) is 0 Å². The normalized spacial score (nSPS) is 13.0. The second-order valence-corrected chi connectivity index (χ2v) is 3.98. The average Bonchev–Trinajstić information content (AvgIpc) is 2.37. The van der Waals surface area contributed by atoms with Gasteiger partial charge in [0.25, 0.3) is 0 Å². The van der Waals surface area contributed by atoms with Crippen LogP contribution in [0.15, 0.2) is 24.3 Å². The molecule has 0 bridgehead atoms. The maximum atomic E-state index is 5.54. The Hall–Kier alpha value is -0.940. The van der Waals surface area contributed by atoms with Gasteiger partial charge in [0.1, 0.15) is 0 Å². The summed E-state index contributed by atoms with van der Waals surface area (Å²) in [6, 6.07) is 8.18. The first-order valence-corrected chi connectivity index (χ1v) is 5.87. The Balaban J connectivity index is 2.81. The van der Waals surface area contributed by atoms with E-state index in [1.165, 1.54) is 5.56 Å². The van der Waals surface area contributed by atoms with Crippen molar-refractivity contribution in [2.75, 3.05) is 14.2 Å². The highest BCUT2D eigenvalue weighted by Gasteiger charge is 2.21. The van der Waals surface area contributed by atoms with Crippen LogP contribution in [-0.2, 0) is 15.9 Å². The Morgan fingerprint density at radius 1 is 1.18 bits per heavy atom. The molecule has 0 fully saturated rings. The number of aryl methyl sites for hydroxylation is 1. The summed E-state index contributed by atoms with van der Waals surface area (Å²) in [6.45, 7) is 2.17. The minimum absolute atomic E-state index is 0.166. The molecule has 1 aromatic rings. The van der Waals surface area contributed by atoms with Gasteiger partial charge in [0.05, 0.1) is 6.04 Å². The summed E-state index contributed by atoms with van der Waals surface area (Å²) < 4.78 is 10.4. The van der Waals surface area contributed by atoms with Crippen LogP contribution in [-0.4, -0.2) is 20.5 Å². The van der Waals surface area contributed by atoms with E-state index in [0.717, 1.165) is 18.4 Å². The lowest BCUT2D eigenvalue weighted by Crippen LogP contribution is -2.38. The third-order valence-corrected chi connectivity index (χ3v) is 2.79. The van der Waals surface area contributed by atoms with Crippen LogP contribution in [0.3, 0.4) is 0 Å². The number of hydrogen-bond acceptors (Lipinski definition) is 4. The Bertz CT molecular complexity index is 310. The van der Waals surface area contributed by atoms with Crippen molar-refractivity contribution in [3.63, 3.8) is 0 Å². The Morgan fingerprint density at radius 3 is 2.18 bits per heavy atom. The molecule has 0 heterocycles. The van der Waals surface area contributed by atoms with Gasteiger partial charge in [0.2, 0.25) is 0 Å². The Kier molecular flexibility index (Phi) is 6.15. The van der Waals surface area contributed by atoms with Crippen molar-refractivity contribution in [2.24, 2.45) is 5.84 Å². The molecule has 0 aliphatic heterocycles. The summed E-state index contributed by atoms with van der Waals surface area (Å²) in [4.78, 5) is 0. The van der Waals surface area contributed by atoms with Crippen molar-refractivity contribution >= 4 is 0 Å². The number of hydrazine groups is 1. The molecule has 0 amide bonds. The molecular weight excluding hydrogens is 216 g/mol. The van der Waals surface area contributed by atoms with E-state index in [9.17, 15) is 0 Å². The molecule has 1 aromatic carbocycles. The first-order chi connectivity index (χ1) is 8.26. The maximum Gasteiger partial charge on any atom is 0.177 e. The van der Waals surface area contributed by atoms with Gasteiger partial charge in [-0.2, -0.15) is 0 Å². The zero-order chi connectivity index (χ0) is 12.7. The third-order valence-electron chi connectivity index (χ3n) is 2.79. The van der Waals surface area contributed by atoms with Crippen LogP contribution in [0.5, 0.6) is 0 Å². The molecule has 1 unspecified atom stereocenters. The van der Waals surface area contributed by atoms with Gasteiger partial charge >= 0.3 is 0 Å². The molecule has 0 saturated carbocycles. The fourth-order valence-corrected chi connectivity index (χ4v) is 1.88. The fourth-order valence-electron chi connectivity index (χ4n) is 1.88. The lowest BCUT2D eigenvalue weighted by atomic mass is 10.0. The third kappa shape index (κ3) is 3.78. The van der Waals surface area contributed by atoms with E-state index in [1.54, 1.807) is 14.2 Å². The van der Waals surface area contributed by atoms with Crippen LogP contribution < -0.4 is 11.3 Å². The lowest BCUT2D eigenvalue weighted by Gasteiger charge is -2.24. The zero-order valence-corrected chi connectivity index (χ0v) is 10.8. The first kappa shape index (κ1) is 14.1. The number of rotatable bonds is 7. The van der Waals surface area contributed by atoms with E-state index in [0.29, 0.717) is 0 Å². The molecule has 3 N–H and O–H groups in total. The van der Waals surface area contributed by atoms with Crippen LogP contribution in [0.2, 0.25) is 0 Å². The van der Waals surface area contributed by atoms with Crippen molar-refractivity contribution in [1.82, 2.24) is 5.43 Å². The second-order valence-electron chi connectivity index (χ2n) is 3.98. The van der Waals surface area contributed by atoms with E-state index in [-0.39, 0.29) is 6.04 Å². The van der Waals surface area contributed by atoms with Crippen LogP contribution in [0.25, 0.3) is 0 Å². The molecule has 1 rings (SSSR count). The van der Waals surface area contributed by atoms with Gasteiger partial charge < -0.3 is 9.47 Å². The molecule has 17 heavy (non-hydrogen) atoms. The van der Waals surface area contributed by atoms with E-state index in [2.05, 4.69) is 36.6 Å². The fraction of sp³-hybridized carbons (Fsp3) is 0.538. The summed E-state index contributed by atoms with van der Waals surface area (Å²) in [6.07, 6.45) is 1.85. The molecule has 0 spiro atoms. The zero-order valence-electron chi connectivity index (χ0n) is 10.8. The quantitative estimate of drug-likeness (QED) is 0.432. The minimum atomic E-state index is -0.392. The predicted molar refractivity (Wildman–Crippen MR) is 68.3 cm³/mol. The summed E-state index contributed by atoms with van der Waals surface area (Å²) >= 11 is 0. The largest absolute Gasteiger partial charge is 0.354 e. The van der Waals surface area contributed by atoms with Gasteiger partial charge in [-0.25, -0.2) is 5.43 Å². The second kappa shape index (κ2) is 7.40. The highest BCUT2D eigenvalue weighted by Crippen LogP contribution is 2.19. The Morgan fingerprint density at radius 2 is 1.76 bits per heavy atom. The highest BCUT2D eigenvalue weighted by atomic mass is 16.7. The number of hydrogen-bond donors (Lipinski definition) is 2. The van der Waals surface area contributed by atoms with E-state index < -0.39 is 6.29 Å². The average molecular weight is 238 g/mol. The van der Waals surface area contributed by atoms with Gasteiger partial charge in [0, 0.05) is 14.2 Å². The SMILES string of the molecule is CCCc1ccc(C(NN)C(OC)OC)cc1. The van der Waals surface area contributed by atoms with Crippen LogP contribution in [0.1, 0.15) is 30.5 Å². The molecule has 0 saturated heterocycles. The lowest BCUT2D eigenvalue weighted by molar-refractivity contribution is -0.124. The number of nitrogens with two attached hydrogens (primary N) is 1. The topological polar surface area (TPSA) is 56.5 Å². The molecule has 4 heteroatoms. The predicted octanol–water partition coefficient (Wildman–Crippen LogP) is 1.76. The van der Waals surface area contributed by atoms with Crippen molar-refractivity contribution < 1.29 is 9.47 Å². The van der Waals surface area contributed by atoms with Gasteiger partial charge in [-0.1, -0.05) is 37.6 Å². The minimum Gasteiger partial charge on any atom is -0.354 e. The molecule has 1 atom stereocenters. The van der Waals surface area contributed by atoms with E-state index in [4.69, 9.17) is 15.3 Å². The Labute approximate surface area is 103 Å². The van der Waals surface area contributed by atoms with E-state index >= 15 is 0 Å². The number of methoxy groups -OCH3 is 2. The van der Waals surface area contributed by atoms with Crippen LogP contribution in [0.4, 0.5) is 0 Å². The summed E-state index contributed by atoms with van der Waals surface area (Å²) in [5, 5.41) is 0. The van der Waals surface area contributed by atoms with Crippen molar-refractivity contribution in [3.05, 3.63) is 35.4 Å². The highest BCUT2D eigenvalue weighted by molar-refractivity contribution is 5.25. The van der Waals surface area contributed by atoms with Gasteiger partial charge in [0.15, 0.2) is 6.29 Å². The smallest absolute Gasteiger partial charge is 0.177 e. The summed E-state index contributed by atoms with van der Waals surface area (Å²) in [7, 11) is 3.20. The molecule has 96 valence electrons. The van der Waals surface area contributed by atoms with Crippen molar-refractivity contribution in [1.29, 1.82) is 0 Å². The molecule has 0 radical (unpaired) electrons. The van der Waals surface area contributed by atoms with Crippen LogP contribution >= 0.6 is 0 Å². The van der Waals surface area contributed by atoms with Gasteiger partial charge in [-0.3, -0.25) is 5.84 Å². The molecule has 0 aromatic heterocycles. The van der Waals surface area contributed by atoms with Crippen molar-refractivity contribution in [2.45, 2.75) is 32.1 Å². The first-order valence-electron chi connectivity index (χ1n) is 5.87. The van der Waals surface area contributed by atoms with Crippen LogP contribution in [0, 0.1) is 0 Å². The molecule has 0 aliphatic rings. The molecular formula is C13H22N2O2. The molecule has 4 nitrogen and oxygen atoms in total. The summed E-state index contributed by atoms with van der Waals surface area (Å²) in [5.74, 6) is 5.54. The number of nitrogens with one attached hydrogen (secondary N) is 1. The number of ether oxygens (including phenoxy) is 2. The monoisotopic (exact) mass is 238 g/mol. The molecule has 0 aliphatic carbocycles. The standard InChI is InChI=1S/C13H22N2O2/c1-4-5-10-6-8-11(9-7-10)12(15-14)13(16-2)17-3/h6-9,12-13,15H,4-5,14H2,1-3H3. The maximum absolute atomic E-state index is 5.54. The summed E-state index contributed by atoms with van der Waals surface area (Å²) in [5.41, 5.74) is 5.11.